The fourth-order valence-electron chi connectivity index (χ4n) is 2.83. The topological polar surface area (TPSA) is 97.8 Å². The van der Waals surface area contributed by atoms with Crippen LogP contribution in [0.15, 0.2) is 41.4 Å². The van der Waals surface area contributed by atoms with Crippen molar-refractivity contribution >= 4 is 15.9 Å². The lowest BCUT2D eigenvalue weighted by molar-refractivity contribution is 0.0947. The van der Waals surface area contributed by atoms with Crippen molar-refractivity contribution in [2.45, 2.75) is 32.2 Å². The molecule has 9 heteroatoms. The number of carbonyl (C=O) groups excluding carboxylic acids is 1. The van der Waals surface area contributed by atoms with E-state index >= 15 is 0 Å². The summed E-state index contributed by atoms with van der Waals surface area (Å²) in [5.74, 6) is 0.280. The molecular weight excluding hydrogens is 394 g/mol. The highest BCUT2D eigenvalue weighted by Crippen LogP contribution is 2.25. The van der Waals surface area contributed by atoms with E-state index < -0.39 is 15.9 Å². The first kappa shape index (κ1) is 22.6. The van der Waals surface area contributed by atoms with Gasteiger partial charge in [0.25, 0.3) is 5.91 Å². The molecule has 0 unspecified atom stereocenters. The summed E-state index contributed by atoms with van der Waals surface area (Å²) in [5.41, 5.74) is 0.858. The molecular formula is C20H27N3O5S. The zero-order valence-electron chi connectivity index (χ0n) is 17.1. The average Bonchev–Trinajstić information content (AvgIpc) is 2.73. The van der Waals surface area contributed by atoms with Gasteiger partial charge in [-0.2, -0.15) is 4.31 Å². The van der Waals surface area contributed by atoms with E-state index in [2.05, 4.69) is 10.3 Å². The van der Waals surface area contributed by atoms with Crippen LogP contribution in [-0.2, 0) is 16.6 Å². The van der Waals surface area contributed by atoms with Gasteiger partial charge in [-0.1, -0.05) is 19.9 Å². The Morgan fingerprint density at radius 1 is 1.17 bits per heavy atom. The standard InChI is InChI=1S/C20H27N3O5S/c1-5-23(6-2)29(25,26)16-10-11-18(27-4)17(13-16)19(24)22-14-15-9-8-12-21-20(15)28-7-3/h8-13H,5-7,14H2,1-4H3,(H,22,24). The lowest BCUT2D eigenvalue weighted by Gasteiger charge is -2.19. The van der Waals surface area contributed by atoms with Crippen molar-refractivity contribution in [2.75, 3.05) is 26.8 Å². The molecule has 1 N–H and O–H groups in total. The highest BCUT2D eigenvalue weighted by molar-refractivity contribution is 7.89. The van der Waals surface area contributed by atoms with Crippen LogP contribution in [-0.4, -0.2) is 50.4 Å². The predicted octanol–water partition coefficient (Wildman–Crippen LogP) is 2.45. The van der Waals surface area contributed by atoms with E-state index in [1.807, 2.05) is 6.92 Å². The summed E-state index contributed by atoms with van der Waals surface area (Å²) in [4.78, 5) is 17.0. The smallest absolute Gasteiger partial charge is 0.255 e. The second-order valence-electron chi connectivity index (χ2n) is 6.03. The fourth-order valence-corrected chi connectivity index (χ4v) is 4.32. The van der Waals surface area contributed by atoms with Gasteiger partial charge >= 0.3 is 0 Å². The number of amides is 1. The molecule has 0 radical (unpaired) electrons. The molecule has 1 aromatic heterocycles. The number of nitrogens with zero attached hydrogens (tertiary/aromatic N) is 2. The van der Waals surface area contributed by atoms with Gasteiger partial charge in [-0.3, -0.25) is 4.79 Å². The molecule has 0 aliphatic rings. The molecule has 0 fully saturated rings. The molecule has 0 aliphatic heterocycles. The summed E-state index contributed by atoms with van der Waals surface area (Å²) in [5, 5.41) is 2.78. The van der Waals surface area contributed by atoms with Crippen LogP contribution in [0.1, 0.15) is 36.7 Å². The van der Waals surface area contributed by atoms with Gasteiger partial charge < -0.3 is 14.8 Å². The number of hydrogen-bond donors (Lipinski definition) is 1. The van der Waals surface area contributed by atoms with Crippen LogP contribution in [0, 0.1) is 0 Å². The summed E-state index contributed by atoms with van der Waals surface area (Å²) in [6.07, 6.45) is 1.61. The molecule has 0 atom stereocenters. The normalized spacial score (nSPS) is 11.3. The number of sulfonamides is 1. The molecule has 1 aromatic carbocycles. The summed E-state index contributed by atoms with van der Waals surface area (Å²) < 4.78 is 37.6. The first-order chi connectivity index (χ1) is 13.9. The van der Waals surface area contributed by atoms with Crippen molar-refractivity contribution in [2.24, 2.45) is 0 Å². The Kier molecular flexibility index (Phi) is 7.98. The van der Waals surface area contributed by atoms with Gasteiger partial charge in [0.15, 0.2) is 0 Å². The zero-order valence-corrected chi connectivity index (χ0v) is 18.0. The summed E-state index contributed by atoms with van der Waals surface area (Å²) in [7, 11) is -2.27. The van der Waals surface area contributed by atoms with Crippen molar-refractivity contribution in [1.82, 2.24) is 14.6 Å². The summed E-state index contributed by atoms with van der Waals surface area (Å²) in [6, 6.07) is 7.83. The highest BCUT2D eigenvalue weighted by Gasteiger charge is 2.24. The lowest BCUT2D eigenvalue weighted by Crippen LogP contribution is -2.31. The Labute approximate surface area is 171 Å². The van der Waals surface area contributed by atoms with E-state index in [1.54, 1.807) is 32.2 Å². The number of methoxy groups -OCH3 is 1. The lowest BCUT2D eigenvalue weighted by atomic mass is 10.1. The number of hydrogen-bond acceptors (Lipinski definition) is 6. The van der Waals surface area contributed by atoms with Crippen LogP contribution in [0.2, 0.25) is 0 Å². The number of benzene rings is 1. The Bertz CT molecular complexity index is 943. The molecule has 1 heterocycles. The quantitative estimate of drug-likeness (QED) is 0.633. The van der Waals surface area contributed by atoms with Crippen molar-refractivity contribution < 1.29 is 22.7 Å². The number of aromatic nitrogens is 1. The van der Waals surface area contributed by atoms with Crippen LogP contribution < -0.4 is 14.8 Å². The Hall–Kier alpha value is -2.65. The van der Waals surface area contributed by atoms with Gasteiger partial charge in [0, 0.05) is 31.4 Å². The van der Waals surface area contributed by atoms with Crippen LogP contribution in [0.4, 0.5) is 0 Å². The van der Waals surface area contributed by atoms with Crippen LogP contribution in [0.5, 0.6) is 11.6 Å². The van der Waals surface area contributed by atoms with Gasteiger partial charge in [0.05, 0.1) is 24.2 Å². The van der Waals surface area contributed by atoms with Crippen molar-refractivity contribution in [3.63, 3.8) is 0 Å². The number of ether oxygens (including phenoxy) is 2. The fraction of sp³-hybridized carbons (Fsp3) is 0.400. The minimum absolute atomic E-state index is 0.0449. The van der Waals surface area contributed by atoms with E-state index in [-0.39, 0.29) is 22.8 Å². The zero-order chi connectivity index (χ0) is 21.4. The molecule has 2 aromatic rings. The minimum Gasteiger partial charge on any atom is -0.496 e. The molecule has 0 aliphatic carbocycles. The number of rotatable bonds is 10. The van der Waals surface area contributed by atoms with Gasteiger partial charge in [0.1, 0.15) is 5.75 Å². The monoisotopic (exact) mass is 421 g/mol. The summed E-state index contributed by atoms with van der Waals surface area (Å²) >= 11 is 0. The molecule has 0 spiro atoms. The van der Waals surface area contributed by atoms with Crippen LogP contribution in [0.25, 0.3) is 0 Å². The molecule has 1 amide bonds. The third-order valence-electron chi connectivity index (χ3n) is 4.33. The predicted molar refractivity (Wildman–Crippen MR) is 110 cm³/mol. The van der Waals surface area contributed by atoms with Gasteiger partial charge in [-0.15, -0.1) is 0 Å². The Morgan fingerprint density at radius 3 is 2.52 bits per heavy atom. The average molecular weight is 422 g/mol. The molecule has 8 nitrogen and oxygen atoms in total. The minimum atomic E-state index is -3.70. The Morgan fingerprint density at radius 2 is 1.90 bits per heavy atom. The number of carbonyl (C=O) groups is 1. The second kappa shape index (κ2) is 10.2. The molecule has 158 valence electrons. The van der Waals surface area contributed by atoms with Gasteiger partial charge in [-0.25, -0.2) is 13.4 Å². The number of pyridine rings is 1. The Balaban J connectivity index is 2.30. The van der Waals surface area contributed by atoms with E-state index in [0.717, 1.165) is 0 Å². The van der Waals surface area contributed by atoms with Gasteiger partial charge in [0.2, 0.25) is 15.9 Å². The second-order valence-corrected chi connectivity index (χ2v) is 7.97. The van der Waals surface area contributed by atoms with Gasteiger partial charge in [-0.05, 0) is 31.2 Å². The van der Waals surface area contributed by atoms with Crippen molar-refractivity contribution in [3.05, 3.63) is 47.7 Å². The first-order valence-corrected chi connectivity index (χ1v) is 10.9. The molecule has 29 heavy (non-hydrogen) atoms. The molecule has 0 saturated heterocycles. The van der Waals surface area contributed by atoms with Crippen molar-refractivity contribution in [1.29, 1.82) is 0 Å². The largest absolute Gasteiger partial charge is 0.496 e. The highest BCUT2D eigenvalue weighted by atomic mass is 32.2. The first-order valence-electron chi connectivity index (χ1n) is 9.42. The molecule has 0 bridgehead atoms. The van der Waals surface area contributed by atoms with Crippen LogP contribution >= 0.6 is 0 Å². The van der Waals surface area contributed by atoms with Crippen molar-refractivity contribution in [3.8, 4) is 11.6 Å². The number of nitrogens with one attached hydrogen (secondary N) is 1. The van der Waals surface area contributed by atoms with Crippen LogP contribution in [0.3, 0.4) is 0 Å². The molecule has 2 rings (SSSR count). The molecule has 0 saturated carbocycles. The van der Waals surface area contributed by atoms with E-state index in [0.29, 0.717) is 31.1 Å². The van der Waals surface area contributed by atoms with E-state index in [9.17, 15) is 13.2 Å². The third-order valence-corrected chi connectivity index (χ3v) is 6.38. The SMILES string of the molecule is CCOc1ncccc1CNC(=O)c1cc(S(=O)(=O)N(CC)CC)ccc1OC. The van der Waals surface area contributed by atoms with E-state index in [4.69, 9.17) is 9.47 Å². The third kappa shape index (κ3) is 5.24. The maximum Gasteiger partial charge on any atom is 0.255 e. The van der Waals surface area contributed by atoms with E-state index in [1.165, 1.54) is 29.6 Å². The maximum atomic E-state index is 12.8. The summed E-state index contributed by atoms with van der Waals surface area (Å²) in [6.45, 7) is 6.70. The maximum absolute atomic E-state index is 12.8.